The molecule has 4 nitrogen and oxygen atoms in total. The monoisotopic (exact) mass is 398 g/mol. The van der Waals surface area contributed by atoms with Crippen LogP contribution in [0, 0.1) is 6.92 Å². The zero-order chi connectivity index (χ0) is 19.7. The highest BCUT2D eigenvalue weighted by Gasteiger charge is 2.48. The highest BCUT2D eigenvalue weighted by Crippen LogP contribution is 2.40. The van der Waals surface area contributed by atoms with Crippen LogP contribution >= 0.6 is 11.6 Å². The first kappa shape index (κ1) is 19.4. The fourth-order valence-corrected chi connectivity index (χ4v) is 5.24. The van der Waals surface area contributed by atoms with Crippen molar-refractivity contribution in [3.8, 4) is 0 Å². The number of hydrogen-bond donors (Lipinski definition) is 2. The summed E-state index contributed by atoms with van der Waals surface area (Å²) < 4.78 is 1.08. The predicted molar refractivity (Wildman–Crippen MR) is 117 cm³/mol. The molecule has 2 saturated heterocycles. The Morgan fingerprint density at radius 2 is 1.96 bits per heavy atom. The number of benzene rings is 2. The number of anilines is 1. The van der Waals surface area contributed by atoms with Crippen LogP contribution in [0.25, 0.3) is 0 Å². The van der Waals surface area contributed by atoms with E-state index in [4.69, 9.17) is 11.6 Å². The molecule has 0 aromatic heterocycles. The number of nitrogens with one attached hydrogen (secondary N) is 2. The lowest BCUT2D eigenvalue weighted by Gasteiger charge is -2.43. The molecular weight excluding hydrogens is 370 g/mol. The van der Waals surface area contributed by atoms with E-state index in [1.54, 1.807) is 24.3 Å². The highest BCUT2D eigenvalue weighted by atomic mass is 35.5. The van der Waals surface area contributed by atoms with Crippen molar-refractivity contribution in [1.29, 1.82) is 0 Å². The first-order valence-corrected chi connectivity index (χ1v) is 10.6. The van der Waals surface area contributed by atoms with Crippen LogP contribution in [-0.4, -0.2) is 37.6 Å². The molecule has 2 aliphatic heterocycles. The van der Waals surface area contributed by atoms with Crippen molar-refractivity contribution in [2.75, 3.05) is 25.0 Å². The number of aryl methyl sites for hydroxylation is 1. The van der Waals surface area contributed by atoms with E-state index in [0.717, 1.165) is 28.8 Å². The third-order valence-corrected chi connectivity index (χ3v) is 6.92. The fraction of sp³-hybridized carbons (Fsp3) is 0.435. The van der Waals surface area contributed by atoms with Gasteiger partial charge in [-0.25, -0.2) is 0 Å². The minimum absolute atomic E-state index is 0.106. The lowest BCUT2D eigenvalue weighted by atomic mass is 10.0. The van der Waals surface area contributed by atoms with E-state index in [-0.39, 0.29) is 5.91 Å². The number of nitrogens with zero attached hydrogens (tertiary/aromatic N) is 1. The van der Waals surface area contributed by atoms with Crippen LogP contribution in [0.4, 0.5) is 11.4 Å². The van der Waals surface area contributed by atoms with Crippen molar-refractivity contribution in [3.63, 3.8) is 0 Å². The standard InChI is InChI=1S/C23H28ClN3O/c1-16-14-20(27(13-3-4-17(27)2)21-11-12-25-15-21)9-10-22(16)26-23(28)18-5-7-19(24)8-6-18/h5-10,14,17,21,25H,3-4,11-13,15H2,1-2H3/p+1. The molecule has 0 spiro atoms. The summed E-state index contributed by atoms with van der Waals surface area (Å²) >= 11 is 5.92. The van der Waals surface area contributed by atoms with Crippen LogP contribution < -0.4 is 15.1 Å². The fourth-order valence-electron chi connectivity index (χ4n) is 5.11. The number of likely N-dealkylation sites (tertiary alicyclic amines) is 1. The summed E-state index contributed by atoms with van der Waals surface area (Å²) in [6.45, 7) is 7.91. The molecule has 0 saturated carbocycles. The van der Waals surface area contributed by atoms with Crippen LogP contribution in [0.1, 0.15) is 42.1 Å². The second-order valence-electron chi connectivity index (χ2n) is 8.25. The van der Waals surface area contributed by atoms with Gasteiger partial charge in [0, 0.05) is 60.8 Å². The van der Waals surface area contributed by atoms with Gasteiger partial charge >= 0.3 is 0 Å². The number of rotatable bonds is 4. The zero-order valence-corrected chi connectivity index (χ0v) is 17.4. The van der Waals surface area contributed by atoms with Gasteiger partial charge in [-0.1, -0.05) is 11.6 Å². The van der Waals surface area contributed by atoms with E-state index in [0.29, 0.717) is 22.7 Å². The van der Waals surface area contributed by atoms with Crippen molar-refractivity contribution in [2.24, 2.45) is 0 Å². The molecule has 4 rings (SSSR count). The van der Waals surface area contributed by atoms with Crippen LogP contribution in [-0.2, 0) is 0 Å². The van der Waals surface area contributed by atoms with Crippen LogP contribution in [0.5, 0.6) is 0 Å². The molecule has 5 heteroatoms. The maximum absolute atomic E-state index is 12.6. The van der Waals surface area contributed by atoms with Crippen LogP contribution in [0.2, 0.25) is 5.02 Å². The van der Waals surface area contributed by atoms with Gasteiger partial charge in [-0.2, -0.15) is 0 Å². The average molecular weight is 399 g/mol. The third kappa shape index (κ3) is 3.45. The molecule has 3 unspecified atom stereocenters. The summed E-state index contributed by atoms with van der Waals surface area (Å²) in [5.74, 6) is -0.106. The Kier molecular flexibility index (Phi) is 5.46. The number of carbonyl (C=O) groups excluding carboxylic acids is 1. The zero-order valence-electron chi connectivity index (χ0n) is 16.7. The molecule has 3 atom stereocenters. The number of halogens is 1. The molecule has 148 valence electrons. The van der Waals surface area contributed by atoms with E-state index in [1.807, 2.05) is 0 Å². The van der Waals surface area contributed by atoms with Crippen molar-refractivity contribution in [1.82, 2.24) is 9.80 Å². The highest BCUT2D eigenvalue weighted by molar-refractivity contribution is 6.30. The first-order chi connectivity index (χ1) is 13.5. The number of hydrogen-bond acceptors (Lipinski definition) is 2. The van der Waals surface area contributed by atoms with Crippen LogP contribution in [0.3, 0.4) is 0 Å². The summed E-state index contributed by atoms with van der Waals surface area (Å²) in [6, 6.07) is 14.9. The van der Waals surface area contributed by atoms with E-state index in [9.17, 15) is 4.79 Å². The van der Waals surface area contributed by atoms with Crippen LogP contribution in [0.15, 0.2) is 42.5 Å². The summed E-state index contributed by atoms with van der Waals surface area (Å²) in [4.78, 5) is 12.6. The molecule has 0 radical (unpaired) electrons. The summed E-state index contributed by atoms with van der Waals surface area (Å²) in [7, 11) is 0. The van der Waals surface area contributed by atoms with Gasteiger partial charge in [-0.05, 0) is 49.7 Å². The quantitative estimate of drug-likeness (QED) is 0.729. The maximum atomic E-state index is 12.6. The Hall–Kier alpha value is -1.88. The molecule has 1 amide bonds. The van der Waals surface area contributed by atoms with Gasteiger partial charge in [0.05, 0.1) is 12.6 Å². The SMILES string of the molecule is Cc1cc([N+]2(C3CCNC3)CCCC2C)ccc1NC(=O)c1ccc(Cl)cc1. The molecule has 2 aromatic carbocycles. The molecule has 28 heavy (non-hydrogen) atoms. The smallest absolute Gasteiger partial charge is 0.255 e. The van der Waals surface area contributed by atoms with Crippen molar-refractivity contribution in [2.45, 2.75) is 45.2 Å². The average Bonchev–Trinajstić information content (AvgIpc) is 3.34. The maximum Gasteiger partial charge on any atom is 0.255 e. The minimum Gasteiger partial charge on any atom is -0.322 e. The molecule has 2 aromatic rings. The Bertz CT molecular complexity index is 861. The van der Waals surface area contributed by atoms with Gasteiger partial charge in [0.15, 0.2) is 0 Å². The topological polar surface area (TPSA) is 41.1 Å². The van der Waals surface area contributed by atoms with Gasteiger partial charge in [0.25, 0.3) is 5.91 Å². The van der Waals surface area contributed by atoms with E-state index in [2.05, 4.69) is 42.7 Å². The largest absolute Gasteiger partial charge is 0.322 e. The second-order valence-corrected chi connectivity index (χ2v) is 8.69. The van der Waals surface area contributed by atoms with Gasteiger partial charge in [-0.15, -0.1) is 0 Å². The van der Waals surface area contributed by atoms with E-state index >= 15 is 0 Å². The van der Waals surface area contributed by atoms with E-state index < -0.39 is 0 Å². The molecule has 2 fully saturated rings. The molecule has 2 N–H and O–H groups in total. The number of amides is 1. The normalized spacial score (nSPS) is 27.1. The summed E-state index contributed by atoms with van der Waals surface area (Å²) in [5, 5.41) is 7.24. The van der Waals surface area contributed by atoms with Gasteiger partial charge in [-0.3, -0.25) is 9.28 Å². The summed E-state index contributed by atoms with van der Waals surface area (Å²) in [6.07, 6.45) is 3.80. The molecule has 0 bridgehead atoms. The van der Waals surface area contributed by atoms with Gasteiger partial charge in [0.2, 0.25) is 0 Å². The molecule has 0 aliphatic carbocycles. The Morgan fingerprint density at radius 1 is 1.18 bits per heavy atom. The Balaban J connectivity index is 1.60. The minimum atomic E-state index is -0.106. The lowest BCUT2D eigenvalue weighted by Crippen LogP contribution is -2.59. The lowest BCUT2D eigenvalue weighted by molar-refractivity contribution is 0.102. The predicted octanol–water partition coefficient (Wildman–Crippen LogP) is 4.75. The Morgan fingerprint density at radius 3 is 2.57 bits per heavy atom. The first-order valence-electron chi connectivity index (χ1n) is 10.3. The molecular formula is C23H29ClN3O+. The van der Waals surface area contributed by atoms with Crippen molar-refractivity contribution < 1.29 is 4.79 Å². The van der Waals surface area contributed by atoms with Gasteiger partial charge in [0.1, 0.15) is 11.7 Å². The van der Waals surface area contributed by atoms with Gasteiger partial charge < -0.3 is 10.6 Å². The Labute approximate surface area is 172 Å². The summed E-state index contributed by atoms with van der Waals surface area (Å²) in [5.41, 5.74) is 3.99. The second kappa shape index (κ2) is 7.86. The van der Waals surface area contributed by atoms with Crippen molar-refractivity contribution >= 4 is 28.9 Å². The number of carbonyl (C=O) groups is 1. The number of quaternary nitrogens is 1. The van der Waals surface area contributed by atoms with E-state index in [1.165, 1.54) is 31.5 Å². The molecule has 2 heterocycles. The molecule has 2 aliphatic rings. The van der Waals surface area contributed by atoms with Crippen molar-refractivity contribution in [3.05, 3.63) is 58.6 Å². The third-order valence-electron chi connectivity index (χ3n) is 6.67.